The van der Waals surface area contributed by atoms with Crippen LogP contribution in [0.15, 0.2) is 77.7 Å². The molecule has 1 heterocycles. The first kappa shape index (κ1) is 24.8. The first-order valence-electron chi connectivity index (χ1n) is 11.0. The fourth-order valence-electron chi connectivity index (χ4n) is 3.82. The Labute approximate surface area is 209 Å². The number of anilines is 1. The summed E-state index contributed by atoms with van der Waals surface area (Å²) in [6.07, 6.45) is 0. The Hall–Kier alpha value is -4.30. The molecule has 0 radical (unpaired) electrons. The molecule has 10 heteroatoms. The van der Waals surface area contributed by atoms with Crippen LogP contribution in [0.5, 0.6) is 0 Å². The predicted molar refractivity (Wildman–Crippen MR) is 137 cm³/mol. The lowest BCUT2D eigenvalue weighted by Crippen LogP contribution is -2.19. The first-order chi connectivity index (χ1) is 17.3. The lowest BCUT2D eigenvalue weighted by molar-refractivity contribution is 0.101. The van der Waals surface area contributed by atoms with Gasteiger partial charge in [0.05, 0.1) is 10.6 Å². The van der Waals surface area contributed by atoms with E-state index in [2.05, 4.69) is 15.1 Å². The molecule has 36 heavy (non-hydrogen) atoms. The molecule has 0 atom stereocenters. The van der Waals surface area contributed by atoms with E-state index in [1.54, 1.807) is 42.5 Å². The van der Waals surface area contributed by atoms with Crippen molar-refractivity contribution in [3.8, 4) is 22.9 Å². The molecule has 0 saturated heterocycles. The van der Waals surface area contributed by atoms with Crippen LogP contribution in [0.2, 0.25) is 0 Å². The number of nitrogens with one attached hydrogen (secondary N) is 2. The van der Waals surface area contributed by atoms with Crippen molar-refractivity contribution in [2.24, 2.45) is 5.73 Å². The summed E-state index contributed by atoms with van der Waals surface area (Å²) in [6, 6.07) is 22.6. The topological polar surface area (TPSA) is 143 Å². The maximum Gasteiger partial charge on any atom is 0.274 e. The van der Waals surface area contributed by atoms with Gasteiger partial charge >= 0.3 is 0 Å². The highest BCUT2D eigenvalue weighted by Crippen LogP contribution is 2.30. The summed E-state index contributed by atoms with van der Waals surface area (Å²) in [5, 5.41) is 16.5. The third-order valence-electron chi connectivity index (χ3n) is 5.68. The normalized spacial score (nSPS) is 11.2. The number of sulfonamides is 1. The van der Waals surface area contributed by atoms with E-state index in [0.29, 0.717) is 29.0 Å². The van der Waals surface area contributed by atoms with Crippen molar-refractivity contribution >= 4 is 21.6 Å². The minimum atomic E-state index is -3.66. The first-order valence-corrected chi connectivity index (χ1v) is 12.5. The number of carbonyl (C=O) groups is 1. The minimum Gasteiger partial charge on any atom is -0.326 e. The Kier molecular flexibility index (Phi) is 6.98. The van der Waals surface area contributed by atoms with Gasteiger partial charge in [-0.05, 0) is 61.0 Å². The van der Waals surface area contributed by atoms with Gasteiger partial charge in [-0.25, -0.2) is 17.8 Å². The van der Waals surface area contributed by atoms with Crippen molar-refractivity contribution in [2.45, 2.75) is 18.4 Å². The highest BCUT2D eigenvalue weighted by atomic mass is 32.2. The number of rotatable bonds is 7. The summed E-state index contributed by atoms with van der Waals surface area (Å²) in [5.41, 5.74) is 10.0. The highest BCUT2D eigenvalue weighted by molar-refractivity contribution is 7.89. The summed E-state index contributed by atoms with van der Waals surface area (Å²) >= 11 is 0. The Morgan fingerprint density at radius 1 is 1.08 bits per heavy atom. The van der Waals surface area contributed by atoms with Crippen LogP contribution in [0.1, 0.15) is 27.3 Å². The zero-order chi connectivity index (χ0) is 25.9. The van der Waals surface area contributed by atoms with Crippen LogP contribution in [0.4, 0.5) is 5.69 Å². The van der Waals surface area contributed by atoms with E-state index < -0.39 is 15.9 Å². The van der Waals surface area contributed by atoms with Crippen molar-refractivity contribution in [3.05, 3.63) is 95.3 Å². The van der Waals surface area contributed by atoms with Gasteiger partial charge < -0.3 is 11.1 Å². The molecule has 9 nitrogen and oxygen atoms in total. The number of carbonyl (C=O) groups excluding carboxylic acids is 1. The third kappa shape index (κ3) is 4.89. The van der Waals surface area contributed by atoms with E-state index >= 15 is 0 Å². The molecule has 0 aliphatic heterocycles. The molecule has 4 N–H and O–H groups in total. The van der Waals surface area contributed by atoms with Crippen LogP contribution in [0.3, 0.4) is 0 Å². The van der Waals surface area contributed by atoms with E-state index in [4.69, 9.17) is 5.73 Å². The number of nitrogens with zero attached hydrogens (tertiary/aromatic N) is 3. The Balaban J connectivity index is 1.67. The van der Waals surface area contributed by atoms with Crippen molar-refractivity contribution < 1.29 is 13.2 Å². The molecule has 0 saturated carbocycles. The maximum absolute atomic E-state index is 13.2. The lowest BCUT2D eigenvalue weighted by atomic mass is 10.0. The second-order valence-electron chi connectivity index (χ2n) is 8.00. The van der Waals surface area contributed by atoms with Gasteiger partial charge in [0, 0.05) is 23.9 Å². The van der Waals surface area contributed by atoms with Crippen LogP contribution in [-0.4, -0.2) is 31.2 Å². The number of benzene rings is 3. The Morgan fingerprint density at radius 3 is 2.56 bits per heavy atom. The second-order valence-corrected chi connectivity index (χ2v) is 9.85. The fourth-order valence-corrected chi connectivity index (χ4v) is 4.77. The predicted octanol–water partition coefficient (Wildman–Crippen LogP) is 3.34. The van der Waals surface area contributed by atoms with Crippen molar-refractivity contribution in [3.63, 3.8) is 0 Å². The molecule has 0 spiro atoms. The summed E-state index contributed by atoms with van der Waals surface area (Å²) in [5.74, 6) is -0.448. The molecule has 0 unspecified atom stereocenters. The average molecular weight is 501 g/mol. The Bertz CT molecular complexity index is 1600. The molecule has 0 bridgehead atoms. The molecular weight excluding hydrogens is 476 g/mol. The van der Waals surface area contributed by atoms with Gasteiger partial charge in [0.1, 0.15) is 11.8 Å². The summed E-state index contributed by atoms with van der Waals surface area (Å²) in [4.78, 5) is 13.4. The van der Waals surface area contributed by atoms with Gasteiger partial charge in [0.25, 0.3) is 5.91 Å². The van der Waals surface area contributed by atoms with E-state index in [9.17, 15) is 18.5 Å². The quantitative estimate of drug-likeness (QED) is 0.355. The van der Waals surface area contributed by atoms with E-state index in [0.717, 1.165) is 11.1 Å². The molecule has 0 fully saturated rings. The summed E-state index contributed by atoms with van der Waals surface area (Å²) in [6.45, 7) is 2.14. The number of aromatic nitrogens is 2. The summed E-state index contributed by atoms with van der Waals surface area (Å²) in [7, 11) is -2.29. The van der Waals surface area contributed by atoms with E-state index in [1.807, 2.05) is 37.3 Å². The van der Waals surface area contributed by atoms with Crippen LogP contribution in [-0.2, 0) is 16.6 Å². The largest absolute Gasteiger partial charge is 0.326 e. The minimum absolute atomic E-state index is 0.104. The van der Waals surface area contributed by atoms with Crippen molar-refractivity contribution in [1.82, 2.24) is 14.5 Å². The number of nitriles is 1. The summed E-state index contributed by atoms with van der Waals surface area (Å²) < 4.78 is 28.7. The molecule has 4 aromatic rings. The molecule has 182 valence electrons. The fraction of sp³-hybridized carbons (Fsp3) is 0.115. The molecule has 0 aliphatic rings. The standard InChI is InChI=1S/C26H24N6O3S/c1-17-12-19(22-8-3-4-9-25(22)36(34,35)29-2)10-11-23(17)30-26(33)24-14-20(16-28)31-32(24)21-7-5-6-18(13-21)15-27/h3-14,29H,15,27H2,1-2H3,(H,30,33). The highest BCUT2D eigenvalue weighted by Gasteiger charge is 2.20. The maximum atomic E-state index is 13.2. The van der Waals surface area contributed by atoms with Crippen molar-refractivity contribution in [2.75, 3.05) is 12.4 Å². The van der Waals surface area contributed by atoms with Gasteiger partial charge in [-0.3, -0.25) is 4.79 Å². The number of nitrogens with two attached hydrogens (primary N) is 1. The number of hydrogen-bond acceptors (Lipinski definition) is 6. The zero-order valence-corrected chi connectivity index (χ0v) is 20.5. The molecule has 1 amide bonds. The van der Waals surface area contributed by atoms with Crippen LogP contribution >= 0.6 is 0 Å². The zero-order valence-electron chi connectivity index (χ0n) is 19.7. The van der Waals surface area contributed by atoms with Gasteiger partial charge in [-0.15, -0.1) is 0 Å². The van der Waals surface area contributed by atoms with Gasteiger partial charge in [0.2, 0.25) is 10.0 Å². The average Bonchev–Trinajstić information content (AvgIpc) is 3.35. The SMILES string of the molecule is CNS(=O)(=O)c1ccccc1-c1ccc(NC(=O)c2cc(C#N)nn2-c2cccc(CN)c2)c(C)c1. The van der Waals surface area contributed by atoms with E-state index in [1.165, 1.54) is 17.8 Å². The number of hydrogen-bond donors (Lipinski definition) is 3. The van der Waals surface area contributed by atoms with Gasteiger partial charge in [0.15, 0.2) is 5.69 Å². The van der Waals surface area contributed by atoms with Gasteiger partial charge in [-0.2, -0.15) is 10.4 Å². The molecule has 0 aliphatic carbocycles. The molecular formula is C26H24N6O3S. The van der Waals surface area contributed by atoms with Crippen LogP contribution in [0.25, 0.3) is 16.8 Å². The van der Waals surface area contributed by atoms with Crippen molar-refractivity contribution in [1.29, 1.82) is 5.26 Å². The van der Waals surface area contributed by atoms with E-state index in [-0.39, 0.29) is 16.3 Å². The Morgan fingerprint density at radius 2 is 1.86 bits per heavy atom. The molecule has 3 aromatic carbocycles. The second kappa shape index (κ2) is 10.1. The van der Waals surface area contributed by atoms with Crippen LogP contribution in [0, 0.1) is 18.3 Å². The smallest absolute Gasteiger partial charge is 0.274 e. The molecule has 1 aromatic heterocycles. The van der Waals surface area contributed by atoms with Crippen LogP contribution < -0.4 is 15.8 Å². The number of aryl methyl sites for hydroxylation is 1. The molecule has 4 rings (SSSR count). The van der Waals surface area contributed by atoms with Gasteiger partial charge in [-0.1, -0.05) is 36.4 Å². The third-order valence-corrected chi connectivity index (χ3v) is 7.15. The lowest BCUT2D eigenvalue weighted by Gasteiger charge is -2.14. The monoisotopic (exact) mass is 500 g/mol. The number of amides is 1.